The topological polar surface area (TPSA) is 46.3 Å². The standard InChI is InChI=1S/C14H20N2O.ClH/c1-3-9-16(14(17)12(2)10-15)11-13-7-5-4-6-8-13;/h3-8,12H,1,9-11,15H2,2H3;1H. The second-order valence-corrected chi connectivity index (χ2v) is 4.13. The van der Waals surface area contributed by atoms with Gasteiger partial charge in [-0.25, -0.2) is 0 Å². The second-order valence-electron chi connectivity index (χ2n) is 4.13. The Labute approximate surface area is 115 Å². The van der Waals surface area contributed by atoms with Crippen molar-refractivity contribution in [3.05, 3.63) is 48.6 Å². The number of amides is 1. The SMILES string of the molecule is C=CCN(Cc1ccccc1)C(=O)C(C)CN.Cl. The van der Waals surface area contributed by atoms with Gasteiger partial charge < -0.3 is 10.6 Å². The molecule has 0 aliphatic carbocycles. The minimum atomic E-state index is -0.140. The Balaban J connectivity index is 0.00000289. The van der Waals surface area contributed by atoms with Crippen LogP contribution in [0, 0.1) is 5.92 Å². The van der Waals surface area contributed by atoms with Crippen LogP contribution in [-0.2, 0) is 11.3 Å². The smallest absolute Gasteiger partial charge is 0.227 e. The molecule has 0 bridgehead atoms. The molecule has 18 heavy (non-hydrogen) atoms. The molecule has 1 rings (SSSR count). The minimum Gasteiger partial charge on any atom is -0.334 e. The average Bonchev–Trinajstić information content (AvgIpc) is 2.37. The van der Waals surface area contributed by atoms with Crippen molar-refractivity contribution in [1.82, 2.24) is 4.90 Å². The lowest BCUT2D eigenvalue weighted by Gasteiger charge is -2.24. The van der Waals surface area contributed by atoms with Crippen LogP contribution in [0.4, 0.5) is 0 Å². The fourth-order valence-electron chi connectivity index (χ4n) is 1.60. The quantitative estimate of drug-likeness (QED) is 0.804. The molecule has 0 saturated heterocycles. The van der Waals surface area contributed by atoms with E-state index in [4.69, 9.17) is 5.73 Å². The first-order valence-electron chi connectivity index (χ1n) is 5.82. The van der Waals surface area contributed by atoms with Crippen LogP contribution in [0.3, 0.4) is 0 Å². The summed E-state index contributed by atoms with van der Waals surface area (Å²) in [5.41, 5.74) is 6.64. The highest BCUT2D eigenvalue weighted by molar-refractivity contribution is 5.85. The number of carbonyl (C=O) groups is 1. The highest BCUT2D eigenvalue weighted by Crippen LogP contribution is 2.08. The number of halogens is 1. The molecular weight excluding hydrogens is 248 g/mol. The van der Waals surface area contributed by atoms with Crippen molar-refractivity contribution in [1.29, 1.82) is 0 Å². The average molecular weight is 269 g/mol. The molecule has 1 aromatic carbocycles. The lowest BCUT2D eigenvalue weighted by Crippen LogP contribution is -2.37. The summed E-state index contributed by atoms with van der Waals surface area (Å²) in [6.45, 7) is 7.07. The predicted octanol–water partition coefficient (Wildman–Crippen LogP) is 2.22. The molecule has 1 amide bonds. The van der Waals surface area contributed by atoms with Gasteiger partial charge in [-0.3, -0.25) is 4.79 Å². The van der Waals surface area contributed by atoms with Crippen LogP contribution in [0.2, 0.25) is 0 Å². The summed E-state index contributed by atoms with van der Waals surface area (Å²) in [5.74, 6) is -0.0603. The first-order valence-corrected chi connectivity index (χ1v) is 5.82. The van der Waals surface area contributed by atoms with Gasteiger partial charge in [0.15, 0.2) is 0 Å². The van der Waals surface area contributed by atoms with Crippen molar-refractivity contribution in [2.24, 2.45) is 11.7 Å². The Bertz CT molecular complexity index is 367. The van der Waals surface area contributed by atoms with Gasteiger partial charge in [-0.05, 0) is 5.56 Å². The van der Waals surface area contributed by atoms with Crippen LogP contribution in [-0.4, -0.2) is 23.9 Å². The van der Waals surface area contributed by atoms with Crippen molar-refractivity contribution >= 4 is 18.3 Å². The van der Waals surface area contributed by atoms with Crippen molar-refractivity contribution in [3.8, 4) is 0 Å². The molecule has 0 aromatic heterocycles. The molecule has 0 radical (unpaired) electrons. The number of benzene rings is 1. The van der Waals surface area contributed by atoms with Crippen molar-refractivity contribution in [3.63, 3.8) is 0 Å². The third-order valence-electron chi connectivity index (χ3n) is 2.65. The molecule has 2 N–H and O–H groups in total. The zero-order chi connectivity index (χ0) is 12.7. The largest absolute Gasteiger partial charge is 0.334 e. The molecule has 0 aliphatic heterocycles. The van der Waals surface area contributed by atoms with E-state index >= 15 is 0 Å². The maximum absolute atomic E-state index is 12.1. The number of hydrogen-bond acceptors (Lipinski definition) is 2. The van der Waals surface area contributed by atoms with Crippen molar-refractivity contribution in [2.75, 3.05) is 13.1 Å². The van der Waals surface area contributed by atoms with Gasteiger partial charge >= 0.3 is 0 Å². The van der Waals surface area contributed by atoms with E-state index in [1.54, 1.807) is 11.0 Å². The molecule has 0 spiro atoms. The first kappa shape index (κ1) is 16.7. The number of hydrogen-bond donors (Lipinski definition) is 1. The number of nitrogens with zero attached hydrogens (tertiary/aromatic N) is 1. The molecule has 0 fully saturated rings. The van der Waals surface area contributed by atoms with Gasteiger partial charge in [-0.1, -0.05) is 43.3 Å². The van der Waals surface area contributed by atoms with E-state index in [0.29, 0.717) is 19.6 Å². The predicted molar refractivity (Wildman–Crippen MR) is 77.5 cm³/mol. The first-order chi connectivity index (χ1) is 8.19. The van der Waals surface area contributed by atoms with Gasteiger partial charge in [0, 0.05) is 25.6 Å². The molecule has 1 unspecified atom stereocenters. The normalized spacial score (nSPS) is 11.2. The van der Waals surface area contributed by atoms with Crippen LogP contribution in [0.5, 0.6) is 0 Å². The van der Waals surface area contributed by atoms with Gasteiger partial charge in [0.2, 0.25) is 5.91 Å². The van der Waals surface area contributed by atoms with E-state index in [2.05, 4.69) is 6.58 Å². The fraction of sp³-hybridized carbons (Fsp3) is 0.357. The Morgan fingerprint density at radius 2 is 2.06 bits per heavy atom. The fourth-order valence-corrected chi connectivity index (χ4v) is 1.60. The molecule has 3 nitrogen and oxygen atoms in total. The Kier molecular flexibility index (Phi) is 8.08. The molecule has 4 heteroatoms. The van der Waals surface area contributed by atoms with E-state index in [1.807, 2.05) is 37.3 Å². The molecule has 0 aliphatic rings. The molecule has 1 aromatic rings. The molecular formula is C14H21ClN2O. The summed E-state index contributed by atoms with van der Waals surface area (Å²) in [6.07, 6.45) is 1.74. The van der Waals surface area contributed by atoms with Crippen LogP contribution in [0.1, 0.15) is 12.5 Å². The summed E-state index contributed by atoms with van der Waals surface area (Å²) < 4.78 is 0. The second kappa shape index (κ2) is 8.72. The maximum atomic E-state index is 12.1. The van der Waals surface area contributed by atoms with Crippen molar-refractivity contribution in [2.45, 2.75) is 13.5 Å². The Morgan fingerprint density at radius 1 is 1.44 bits per heavy atom. The zero-order valence-corrected chi connectivity index (χ0v) is 11.5. The summed E-state index contributed by atoms with van der Waals surface area (Å²) in [6, 6.07) is 9.93. The van der Waals surface area contributed by atoms with Crippen LogP contribution in [0.25, 0.3) is 0 Å². The lowest BCUT2D eigenvalue weighted by atomic mass is 10.1. The van der Waals surface area contributed by atoms with E-state index in [1.165, 1.54) is 0 Å². The van der Waals surface area contributed by atoms with Crippen LogP contribution in [0.15, 0.2) is 43.0 Å². The Hall–Kier alpha value is -1.32. The monoisotopic (exact) mass is 268 g/mol. The number of nitrogens with two attached hydrogens (primary N) is 1. The van der Waals surface area contributed by atoms with Gasteiger partial charge in [0.25, 0.3) is 0 Å². The van der Waals surface area contributed by atoms with Crippen LogP contribution < -0.4 is 5.73 Å². The van der Waals surface area contributed by atoms with Crippen LogP contribution >= 0.6 is 12.4 Å². The van der Waals surface area contributed by atoms with E-state index in [9.17, 15) is 4.79 Å². The van der Waals surface area contributed by atoms with E-state index < -0.39 is 0 Å². The zero-order valence-electron chi connectivity index (χ0n) is 10.7. The van der Waals surface area contributed by atoms with Gasteiger partial charge in [0.05, 0.1) is 0 Å². The van der Waals surface area contributed by atoms with Crippen molar-refractivity contribution < 1.29 is 4.79 Å². The molecule has 0 saturated carbocycles. The molecule has 0 heterocycles. The third-order valence-corrected chi connectivity index (χ3v) is 2.65. The number of carbonyl (C=O) groups excluding carboxylic acids is 1. The third kappa shape index (κ3) is 4.90. The highest BCUT2D eigenvalue weighted by Gasteiger charge is 2.18. The Morgan fingerprint density at radius 3 is 2.56 bits per heavy atom. The summed E-state index contributed by atoms with van der Waals surface area (Å²) >= 11 is 0. The lowest BCUT2D eigenvalue weighted by molar-refractivity contribution is -0.134. The molecule has 1 atom stereocenters. The minimum absolute atomic E-state index is 0. The highest BCUT2D eigenvalue weighted by atomic mass is 35.5. The summed E-state index contributed by atoms with van der Waals surface area (Å²) in [5, 5.41) is 0. The maximum Gasteiger partial charge on any atom is 0.227 e. The van der Waals surface area contributed by atoms with Gasteiger partial charge in [0.1, 0.15) is 0 Å². The van der Waals surface area contributed by atoms with E-state index in [0.717, 1.165) is 5.56 Å². The van der Waals surface area contributed by atoms with Gasteiger partial charge in [-0.15, -0.1) is 19.0 Å². The molecule has 100 valence electrons. The number of rotatable bonds is 6. The van der Waals surface area contributed by atoms with E-state index in [-0.39, 0.29) is 24.2 Å². The van der Waals surface area contributed by atoms with Gasteiger partial charge in [-0.2, -0.15) is 0 Å². The summed E-state index contributed by atoms with van der Waals surface area (Å²) in [4.78, 5) is 13.8. The summed E-state index contributed by atoms with van der Waals surface area (Å²) in [7, 11) is 0.